The fourth-order valence-corrected chi connectivity index (χ4v) is 2.43. The third-order valence-corrected chi connectivity index (χ3v) is 3.81. The first-order valence-corrected chi connectivity index (χ1v) is 8.08. The third-order valence-electron chi connectivity index (χ3n) is 3.81. The van der Waals surface area contributed by atoms with Crippen LogP contribution in [0, 0.1) is 17.2 Å². The number of ketones is 1. The molecule has 1 aliphatic heterocycles. The summed E-state index contributed by atoms with van der Waals surface area (Å²) < 4.78 is 0. The van der Waals surface area contributed by atoms with Crippen LogP contribution in [0.15, 0.2) is 0 Å². The van der Waals surface area contributed by atoms with Crippen molar-refractivity contribution in [2.45, 2.75) is 51.9 Å². The predicted molar refractivity (Wildman–Crippen MR) is 81.7 cm³/mol. The molecule has 0 aliphatic carbocycles. The smallest absolute Gasteiger partial charge is 0.245 e. The first-order valence-electron chi connectivity index (χ1n) is 8.08. The van der Waals surface area contributed by atoms with Crippen LogP contribution >= 0.6 is 0 Å². The van der Waals surface area contributed by atoms with Crippen molar-refractivity contribution in [1.82, 2.24) is 10.2 Å². The summed E-state index contributed by atoms with van der Waals surface area (Å²) in [6.45, 7) is 2.84. The van der Waals surface area contributed by atoms with Gasteiger partial charge in [0.1, 0.15) is 0 Å². The number of carbonyl (C=O) groups excluding carboxylic acids is 3. The standard InChI is InChI=1S/C16H25N3O3/c1-2-3-9-18-16(22)13(11-17)14(20)12-19-10-7-5-4-6-8-15(19)21/h13H,2-10,12H2,1H3,(H,18,22). The van der Waals surface area contributed by atoms with E-state index in [1.807, 2.05) is 6.92 Å². The van der Waals surface area contributed by atoms with Crippen LogP contribution in [0.2, 0.25) is 0 Å². The van der Waals surface area contributed by atoms with Gasteiger partial charge in [-0.15, -0.1) is 0 Å². The molecule has 2 amide bonds. The van der Waals surface area contributed by atoms with Crippen molar-refractivity contribution in [3.05, 3.63) is 0 Å². The Labute approximate surface area is 131 Å². The van der Waals surface area contributed by atoms with E-state index in [1.54, 1.807) is 6.07 Å². The van der Waals surface area contributed by atoms with Gasteiger partial charge in [-0.05, 0) is 19.3 Å². The number of likely N-dealkylation sites (tertiary alicyclic amines) is 1. The lowest BCUT2D eigenvalue weighted by Crippen LogP contribution is -2.43. The number of carbonyl (C=O) groups is 3. The fraction of sp³-hybridized carbons (Fsp3) is 0.750. The van der Waals surface area contributed by atoms with Crippen molar-refractivity contribution in [2.24, 2.45) is 5.92 Å². The molecule has 22 heavy (non-hydrogen) atoms. The van der Waals surface area contributed by atoms with Crippen molar-refractivity contribution in [1.29, 1.82) is 5.26 Å². The van der Waals surface area contributed by atoms with Crippen LogP contribution in [0.25, 0.3) is 0 Å². The molecule has 1 heterocycles. The van der Waals surface area contributed by atoms with Crippen molar-refractivity contribution >= 4 is 17.6 Å². The second-order valence-corrected chi connectivity index (χ2v) is 5.65. The monoisotopic (exact) mass is 307 g/mol. The van der Waals surface area contributed by atoms with Crippen LogP contribution in [0.4, 0.5) is 0 Å². The van der Waals surface area contributed by atoms with Gasteiger partial charge in [-0.3, -0.25) is 14.4 Å². The van der Waals surface area contributed by atoms with Gasteiger partial charge < -0.3 is 10.2 Å². The predicted octanol–water partition coefficient (Wildman–Crippen LogP) is 1.40. The summed E-state index contributed by atoms with van der Waals surface area (Å²) in [4.78, 5) is 37.5. The maximum absolute atomic E-state index is 12.2. The van der Waals surface area contributed by atoms with Crippen molar-refractivity contribution in [3.8, 4) is 6.07 Å². The Morgan fingerprint density at radius 3 is 2.73 bits per heavy atom. The molecular formula is C16H25N3O3. The molecule has 0 aromatic rings. The molecule has 1 saturated heterocycles. The number of rotatable bonds is 7. The highest BCUT2D eigenvalue weighted by Crippen LogP contribution is 2.12. The Morgan fingerprint density at radius 1 is 1.32 bits per heavy atom. The lowest BCUT2D eigenvalue weighted by Gasteiger charge is -2.24. The van der Waals surface area contributed by atoms with Crippen LogP contribution in [0.3, 0.4) is 0 Å². The molecule has 1 rings (SSSR count). The molecule has 1 aliphatic rings. The molecule has 0 spiro atoms. The lowest BCUT2D eigenvalue weighted by molar-refractivity contribution is -0.139. The highest BCUT2D eigenvalue weighted by Gasteiger charge is 2.29. The third kappa shape index (κ3) is 5.84. The molecule has 1 atom stereocenters. The molecule has 6 nitrogen and oxygen atoms in total. The van der Waals surface area contributed by atoms with Gasteiger partial charge in [-0.2, -0.15) is 5.26 Å². The molecular weight excluding hydrogens is 282 g/mol. The minimum absolute atomic E-state index is 0.0591. The molecule has 122 valence electrons. The van der Waals surface area contributed by atoms with Gasteiger partial charge in [0.2, 0.25) is 11.8 Å². The van der Waals surface area contributed by atoms with Crippen LogP contribution in [0.5, 0.6) is 0 Å². The highest BCUT2D eigenvalue weighted by molar-refractivity contribution is 6.05. The summed E-state index contributed by atoms with van der Waals surface area (Å²) in [6.07, 6.45) is 5.94. The summed E-state index contributed by atoms with van der Waals surface area (Å²) in [7, 11) is 0. The van der Waals surface area contributed by atoms with Gasteiger partial charge in [-0.1, -0.05) is 26.2 Å². The van der Waals surface area contributed by atoms with Crippen LogP contribution in [-0.2, 0) is 14.4 Å². The molecule has 0 saturated carbocycles. The van der Waals surface area contributed by atoms with E-state index in [-0.39, 0.29) is 12.5 Å². The molecule has 0 radical (unpaired) electrons. The maximum Gasteiger partial charge on any atom is 0.245 e. The van der Waals surface area contributed by atoms with Gasteiger partial charge in [0.25, 0.3) is 0 Å². The van der Waals surface area contributed by atoms with Crippen LogP contribution in [0.1, 0.15) is 51.9 Å². The number of nitrogens with one attached hydrogen (secondary N) is 1. The Kier molecular flexibility index (Phi) is 8.19. The molecule has 1 N–H and O–H groups in total. The van der Waals surface area contributed by atoms with Crippen LogP contribution < -0.4 is 5.32 Å². The normalized spacial score (nSPS) is 17.1. The lowest BCUT2D eigenvalue weighted by atomic mass is 10.0. The number of hydrogen-bond donors (Lipinski definition) is 1. The largest absolute Gasteiger partial charge is 0.355 e. The van der Waals surface area contributed by atoms with E-state index >= 15 is 0 Å². The minimum atomic E-state index is -1.32. The zero-order valence-corrected chi connectivity index (χ0v) is 13.3. The zero-order chi connectivity index (χ0) is 16.4. The van der Waals surface area contributed by atoms with E-state index in [2.05, 4.69) is 5.32 Å². The number of hydrogen-bond acceptors (Lipinski definition) is 4. The number of amides is 2. The van der Waals surface area contributed by atoms with E-state index in [1.165, 1.54) is 4.90 Å². The Bertz CT molecular complexity index is 442. The van der Waals surface area contributed by atoms with E-state index in [0.717, 1.165) is 38.5 Å². The summed E-state index contributed by atoms with van der Waals surface area (Å²) >= 11 is 0. The average molecular weight is 307 g/mol. The quantitative estimate of drug-likeness (QED) is 0.568. The van der Waals surface area contributed by atoms with E-state index in [9.17, 15) is 14.4 Å². The summed E-state index contributed by atoms with van der Waals surface area (Å²) in [6, 6.07) is 1.76. The molecule has 0 bridgehead atoms. The second-order valence-electron chi connectivity index (χ2n) is 5.65. The number of nitrogens with zero attached hydrogens (tertiary/aromatic N) is 2. The van der Waals surface area contributed by atoms with E-state index < -0.39 is 17.6 Å². The molecule has 0 aromatic heterocycles. The number of unbranched alkanes of at least 4 members (excludes halogenated alkanes) is 1. The van der Waals surface area contributed by atoms with Gasteiger partial charge in [0, 0.05) is 19.5 Å². The van der Waals surface area contributed by atoms with Gasteiger partial charge in [-0.25, -0.2) is 0 Å². The number of nitriles is 1. The minimum Gasteiger partial charge on any atom is -0.355 e. The second kappa shape index (κ2) is 9.93. The molecule has 0 aromatic carbocycles. The Hall–Kier alpha value is -1.90. The van der Waals surface area contributed by atoms with Gasteiger partial charge in [0.15, 0.2) is 11.7 Å². The highest BCUT2D eigenvalue weighted by atomic mass is 16.2. The topological polar surface area (TPSA) is 90.3 Å². The molecule has 6 heteroatoms. The van der Waals surface area contributed by atoms with Crippen molar-refractivity contribution < 1.29 is 14.4 Å². The summed E-state index contributed by atoms with van der Waals surface area (Å²) in [5.41, 5.74) is 0. The molecule has 1 fully saturated rings. The zero-order valence-electron chi connectivity index (χ0n) is 13.3. The van der Waals surface area contributed by atoms with Crippen molar-refractivity contribution in [3.63, 3.8) is 0 Å². The van der Waals surface area contributed by atoms with Gasteiger partial charge >= 0.3 is 0 Å². The Balaban J connectivity index is 2.57. The summed E-state index contributed by atoms with van der Waals surface area (Å²) in [5.74, 6) is -2.43. The van der Waals surface area contributed by atoms with E-state index in [0.29, 0.717) is 19.5 Å². The number of Topliss-reactive ketones (excluding diaryl/α,β-unsaturated/α-hetero) is 1. The first-order chi connectivity index (χ1) is 10.6. The SMILES string of the molecule is CCCCNC(=O)C(C#N)C(=O)CN1CCCCCCC1=O. The summed E-state index contributed by atoms with van der Waals surface area (Å²) in [5, 5.41) is 11.7. The van der Waals surface area contributed by atoms with Crippen molar-refractivity contribution in [2.75, 3.05) is 19.6 Å². The van der Waals surface area contributed by atoms with Gasteiger partial charge in [0.05, 0.1) is 12.6 Å². The fourth-order valence-electron chi connectivity index (χ4n) is 2.43. The van der Waals surface area contributed by atoms with Crippen LogP contribution in [-0.4, -0.2) is 42.1 Å². The van der Waals surface area contributed by atoms with E-state index in [4.69, 9.17) is 5.26 Å². The average Bonchev–Trinajstić information content (AvgIpc) is 2.48. The first kappa shape index (κ1) is 18.1. The Morgan fingerprint density at radius 2 is 2.05 bits per heavy atom. The molecule has 1 unspecified atom stereocenters. The maximum atomic E-state index is 12.2.